The van der Waals surface area contributed by atoms with Crippen LogP contribution in [0.2, 0.25) is 0 Å². The van der Waals surface area contributed by atoms with Gasteiger partial charge in [0.05, 0.1) is 5.54 Å². The highest BCUT2D eigenvalue weighted by Gasteiger charge is 2.45. The van der Waals surface area contributed by atoms with Crippen molar-refractivity contribution in [3.63, 3.8) is 0 Å². The Morgan fingerprint density at radius 3 is 2.05 bits per heavy atom. The standard InChI is InChI=1S/C14H17N3O2/c15-14(7-8-14)13(19)17-11-5-3-10(4-6-11)16-12(18)9-1-2-9/h3-6,9H,1-2,7-8,15H2,(H,16,18)(H,17,19). The van der Waals surface area contributed by atoms with E-state index in [2.05, 4.69) is 10.6 Å². The zero-order chi connectivity index (χ0) is 13.5. The van der Waals surface area contributed by atoms with Crippen LogP contribution in [0.25, 0.3) is 0 Å². The fourth-order valence-corrected chi connectivity index (χ4v) is 1.84. The molecular weight excluding hydrogens is 242 g/mol. The van der Waals surface area contributed by atoms with E-state index in [1.165, 1.54) is 0 Å². The zero-order valence-corrected chi connectivity index (χ0v) is 10.6. The monoisotopic (exact) mass is 259 g/mol. The highest BCUT2D eigenvalue weighted by Crippen LogP contribution is 2.33. The van der Waals surface area contributed by atoms with Crippen LogP contribution in [0, 0.1) is 5.92 Å². The average Bonchev–Trinajstić information content (AvgIpc) is 3.25. The normalized spacial score (nSPS) is 19.6. The number of nitrogens with one attached hydrogen (secondary N) is 2. The number of nitrogens with two attached hydrogens (primary N) is 1. The minimum absolute atomic E-state index is 0.0793. The molecule has 0 radical (unpaired) electrons. The first-order valence-electron chi connectivity index (χ1n) is 6.58. The number of amides is 2. The smallest absolute Gasteiger partial charge is 0.244 e. The molecule has 100 valence electrons. The van der Waals surface area contributed by atoms with Gasteiger partial charge in [-0.3, -0.25) is 9.59 Å². The van der Waals surface area contributed by atoms with E-state index < -0.39 is 5.54 Å². The minimum Gasteiger partial charge on any atom is -0.326 e. The molecule has 3 rings (SSSR count). The van der Waals surface area contributed by atoms with Crippen molar-refractivity contribution in [1.82, 2.24) is 0 Å². The Kier molecular flexibility index (Phi) is 2.78. The summed E-state index contributed by atoms with van der Waals surface area (Å²) in [6, 6.07) is 7.11. The van der Waals surface area contributed by atoms with Crippen LogP contribution in [0.15, 0.2) is 24.3 Å². The molecule has 2 aliphatic rings. The van der Waals surface area contributed by atoms with E-state index in [0.29, 0.717) is 5.69 Å². The number of anilines is 2. The molecule has 1 aromatic rings. The third kappa shape index (κ3) is 2.76. The molecule has 5 nitrogen and oxygen atoms in total. The zero-order valence-electron chi connectivity index (χ0n) is 10.6. The predicted octanol–water partition coefficient (Wildman–Crippen LogP) is 1.46. The molecule has 19 heavy (non-hydrogen) atoms. The van der Waals surface area contributed by atoms with E-state index in [-0.39, 0.29) is 17.7 Å². The lowest BCUT2D eigenvalue weighted by atomic mass is 10.2. The maximum absolute atomic E-state index is 11.8. The van der Waals surface area contributed by atoms with Crippen molar-refractivity contribution in [3.05, 3.63) is 24.3 Å². The topological polar surface area (TPSA) is 84.2 Å². The molecule has 5 heteroatoms. The van der Waals surface area contributed by atoms with E-state index in [4.69, 9.17) is 5.73 Å². The number of carbonyl (C=O) groups excluding carboxylic acids is 2. The van der Waals surface area contributed by atoms with Crippen molar-refractivity contribution < 1.29 is 9.59 Å². The summed E-state index contributed by atoms with van der Waals surface area (Å²) in [7, 11) is 0. The molecule has 0 unspecified atom stereocenters. The Hall–Kier alpha value is -1.88. The van der Waals surface area contributed by atoms with Crippen molar-refractivity contribution in [2.24, 2.45) is 11.7 Å². The Labute approximate surface area is 111 Å². The predicted molar refractivity (Wildman–Crippen MR) is 72.6 cm³/mol. The van der Waals surface area contributed by atoms with Gasteiger partial charge in [-0.2, -0.15) is 0 Å². The van der Waals surface area contributed by atoms with Gasteiger partial charge in [0.25, 0.3) is 0 Å². The third-order valence-corrected chi connectivity index (χ3v) is 3.60. The van der Waals surface area contributed by atoms with Crippen LogP contribution in [0.1, 0.15) is 25.7 Å². The van der Waals surface area contributed by atoms with Crippen LogP contribution in [-0.2, 0) is 9.59 Å². The Balaban J connectivity index is 1.58. The summed E-state index contributed by atoms with van der Waals surface area (Å²) in [6.45, 7) is 0. The number of benzene rings is 1. The lowest BCUT2D eigenvalue weighted by molar-refractivity contribution is -0.118. The quantitative estimate of drug-likeness (QED) is 0.765. The lowest BCUT2D eigenvalue weighted by Crippen LogP contribution is -2.37. The molecule has 2 saturated carbocycles. The van der Waals surface area contributed by atoms with Crippen molar-refractivity contribution >= 4 is 23.2 Å². The number of hydrogen-bond acceptors (Lipinski definition) is 3. The van der Waals surface area contributed by atoms with E-state index in [1.807, 2.05) is 0 Å². The molecular formula is C14H17N3O2. The van der Waals surface area contributed by atoms with Gasteiger partial charge >= 0.3 is 0 Å². The molecule has 2 aliphatic carbocycles. The molecule has 0 atom stereocenters. The van der Waals surface area contributed by atoms with E-state index in [1.54, 1.807) is 24.3 Å². The van der Waals surface area contributed by atoms with Crippen LogP contribution in [-0.4, -0.2) is 17.4 Å². The molecule has 0 aliphatic heterocycles. The first kappa shape index (κ1) is 12.2. The molecule has 0 aromatic heterocycles. The van der Waals surface area contributed by atoms with E-state index in [9.17, 15) is 9.59 Å². The van der Waals surface area contributed by atoms with Gasteiger partial charge in [0, 0.05) is 17.3 Å². The van der Waals surface area contributed by atoms with Crippen molar-refractivity contribution in [2.45, 2.75) is 31.2 Å². The number of carbonyl (C=O) groups is 2. The molecule has 0 saturated heterocycles. The summed E-state index contributed by atoms with van der Waals surface area (Å²) in [6.07, 6.45) is 3.46. The molecule has 0 spiro atoms. The summed E-state index contributed by atoms with van der Waals surface area (Å²) >= 11 is 0. The lowest BCUT2D eigenvalue weighted by Gasteiger charge is -2.10. The second-order valence-electron chi connectivity index (χ2n) is 5.45. The van der Waals surface area contributed by atoms with Gasteiger partial charge < -0.3 is 16.4 Å². The second kappa shape index (κ2) is 4.35. The fourth-order valence-electron chi connectivity index (χ4n) is 1.84. The Morgan fingerprint density at radius 1 is 1.05 bits per heavy atom. The first-order chi connectivity index (χ1) is 9.07. The number of hydrogen-bond donors (Lipinski definition) is 3. The van der Waals surface area contributed by atoms with Crippen molar-refractivity contribution in [2.75, 3.05) is 10.6 Å². The fraction of sp³-hybridized carbons (Fsp3) is 0.429. The van der Waals surface area contributed by atoms with Crippen LogP contribution in [0.3, 0.4) is 0 Å². The van der Waals surface area contributed by atoms with Crippen LogP contribution in [0.4, 0.5) is 11.4 Å². The van der Waals surface area contributed by atoms with Gasteiger partial charge in [-0.05, 0) is 49.9 Å². The molecule has 0 heterocycles. The van der Waals surface area contributed by atoms with Gasteiger partial charge in [-0.1, -0.05) is 0 Å². The van der Waals surface area contributed by atoms with E-state index >= 15 is 0 Å². The SMILES string of the molecule is NC1(C(=O)Nc2ccc(NC(=O)C3CC3)cc2)CC1. The van der Waals surface area contributed by atoms with Crippen LogP contribution < -0.4 is 16.4 Å². The van der Waals surface area contributed by atoms with Gasteiger partial charge in [-0.15, -0.1) is 0 Å². The first-order valence-corrected chi connectivity index (χ1v) is 6.58. The van der Waals surface area contributed by atoms with Crippen molar-refractivity contribution in [1.29, 1.82) is 0 Å². The maximum atomic E-state index is 11.8. The summed E-state index contributed by atoms with van der Waals surface area (Å²) < 4.78 is 0. The molecule has 2 fully saturated rings. The molecule has 1 aromatic carbocycles. The minimum atomic E-state index is -0.668. The molecule has 4 N–H and O–H groups in total. The average molecular weight is 259 g/mol. The van der Waals surface area contributed by atoms with Gasteiger partial charge in [0.15, 0.2) is 0 Å². The van der Waals surface area contributed by atoms with Crippen LogP contribution in [0.5, 0.6) is 0 Å². The number of rotatable bonds is 4. The van der Waals surface area contributed by atoms with Gasteiger partial charge in [0.2, 0.25) is 11.8 Å². The molecule has 0 bridgehead atoms. The molecule has 2 amide bonds. The Morgan fingerprint density at radius 2 is 1.58 bits per heavy atom. The maximum Gasteiger partial charge on any atom is 0.244 e. The summed E-state index contributed by atoms with van der Waals surface area (Å²) in [4.78, 5) is 23.3. The largest absolute Gasteiger partial charge is 0.326 e. The second-order valence-corrected chi connectivity index (χ2v) is 5.45. The van der Waals surface area contributed by atoms with E-state index in [0.717, 1.165) is 31.4 Å². The Bertz CT molecular complexity index is 516. The van der Waals surface area contributed by atoms with Gasteiger partial charge in [0.1, 0.15) is 0 Å². The highest BCUT2D eigenvalue weighted by molar-refractivity contribution is 6.00. The third-order valence-electron chi connectivity index (χ3n) is 3.60. The highest BCUT2D eigenvalue weighted by atomic mass is 16.2. The van der Waals surface area contributed by atoms with Gasteiger partial charge in [-0.25, -0.2) is 0 Å². The summed E-state index contributed by atoms with van der Waals surface area (Å²) in [5.74, 6) is 0.129. The summed E-state index contributed by atoms with van der Waals surface area (Å²) in [5, 5.41) is 5.63. The van der Waals surface area contributed by atoms with Crippen LogP contribution >= 0.6 is 0 Å². The van der Waals surface area contributed by atoms with Crippen molar-refractivity contribution in [3.8, 4) is 0 Å². The summed E-state index contributed by atoms with van der Waals surface area (Å²) in [5.41, 5.74) is 6.59.